The molecule has 32 heavy (non-hydrogen) atoms. The lowest BCUT2D eigenvalue weighted by atomic mass is 10.0. The number of ether oxygens (including phenoxy) is 1. The first kappa shape index (κ1) is 22.4. The van der Waals surface area contributed by atoms with E-state index >= 15 is 0 Å². The third-order valence-corrected chi connectivity index (χ3v) is 6.77. The molecule has 1 atom stereocenters. The van der Waals surface area contributed by atoms with Gasteiger partial charge in [-0.05, 0) is 51.3 Å². The molecular weight excluding hydrogens is 404 g/mol. The number of hydrogen-bond donors (Lipinski definition) is 1. The van der Waals surface area contributed by atoms with Gasteiger partial charge in [-0.2, -0.15) is 0 Å². The molecule has 172 valence electrons. The van der Waals surface area contributed by atoms with Gasteiger partial charge in [0.1, 0.15) is 5.69 Å². The van der Waals surface area contributed by atoms with Crippen LogP contribution in [0, 0.1) is 13.8 Å². The van der Waals surface area contributed by atoms with E-state index in [0.29, 0.717) is 29.5 Å². The van der Waals surface area contributed by atoms with Gasteiger partial charge < -0.3 is 19.5 Å². The molecule has 0 unspecified atom stereocenters. The zero-order valence-corrected chi connectivity index (χ0v) is 19.4. The number of nitrogens with zero attached hydrogens (tertiary/aromatic N) is 3. The Bertz CT molecular complexity index is 948. The number of aromatic nitrogens is 1. The van der Waals surface area contributed by atoms with Crippen molar-refractivity contribution in [2.45, 2.75) is 39.7 Å². The Morgan fingerprint density at radius 2 is 1.78 bits per heavy atom. The number of piperidine rings is 1. The minimum absolute atomic E-state index is 0.0134. The number of para-hydroxylation sites is 1. The smallest absolute Gasteiger partial charge is 0.355 e. The van der Waals surface area contributed by atoms with Gasteiger partial charge in [-0.1, -0.05) is 18.2 Å². The fourth-order valence-corrected chi connectivity index (χ4v) is 5.06. The highest BCUT2D eigenvalue weighted by Gasteiger charge is 2.32. The van der Waals surface area contributed by atoms with Crippen molar-refractivity contribution in [3.8, 4) is 0 Å². The molecule has 0 aliphatic carbocycles. The summed E-state index contributed by atoms with van der Waals surface area (Å²) in [6.07, 6.45) is 2.12. The van der Waals surface area contributed by atoms with Gasteiger partial charge in [0, 0.05) is 56.7 Å². The number of rotatable bonds is 5. The molecule has 2 aliphatic heterocycles. The Balaban J connectivity index is 1.40. The van der Waals surface area contributed by atoms with Crippen LogP contribution in [0.5, 0.6) is 0 Å². The predicted molar refractivity (Wildman–Crippen MR) is 125 cm³/mol. The summed E-state index contributed by atoms with van der Waals surface area (Å²) >= 11 is 0. The lowest BCUT2D eigenvalue weighted by Crippen LogP contribution is -2.56. The van der Waals surface area contributed by atoms with Crippen molar-refractivity contribution < 1.29 is 14.3 Å². The zero-order chi connectivity index (χ0) is 22.7. The summed E-state index contributed by atoms with van der Waals surface area (Å²) in [6, 6.07) is 11.0. The molecule has 2 fully saturated rings. The number of nitrogens with one attached hydrogen (secondary N) is 1. The monoisotopic (exact) mass is 438 g/mol. The standard InChI is InChI=1S/C25H34N4O3/c1-4-32-25(31)23-18(2)22(19(3)26-23)24(30)29-12-8-11-21(17-29)28-15-13-27(14-16-28)20-9-6-5-7-10-20/h5-7,9-10,21,26H,4,8,11-17H2,1-3H3/t21-/m0/s1. The first-order valence-corrected chi connectivity index (χ1v) is 11.7. The van der Waals surface area contributed by atoms with Gasteiger partial charge in [0.25, 0.3) is 5.91 Å². The van der Waals surface area contributed by atoms with Crippen molar-refractivity contribution in [1.29, 1.82) is 0 Å². The highest BCUT2D eigenvalue weighted by atomic mass is 16.5. The molecule has 1 aromatic carbocycles. The van der Waals surface area contributed by atoms with Crippen LogP contribution in [0.15, 0.2) is 30.3 Å². The van der Waals surface area contributed by atoms with E-state index in [2.05, 4.69) is 45.1 Å². The van der Waals surface area contributed by atoms with E-state index in [1.165, 1.54) is 5.69 Å². The van der Waals surface area contributed by atoms with E-state index in [-0.39, 0.29) is 5.91 Å². The molecule has 0 radical (unpaired) electrons. The highest BCUT2D eigenvalue weighted by molar-refractivity contribution is 6.01. The van der Waals surface area contributed by atoms with Gasteiger partial charge >= 0.3 is 5.97 Å². The fourth-order valence-electron chi connectivity index (χ4n) is 5.06. The quantitative estimate of drug-likeness (QED) is 0.726. The van der Waals surface area contributed by atoms with Gasteiger partial charge in [0.05, 0.1) is 12.2 Å². The van der Waals surface area contributed by atoms with Crippen LogP contribution >= 0.6 is 0 Å². The number of piperazine rings is 1. The van der Waals surface area contributed by atoms with Gasteiger partial charge in [0.15, 0.2) is 0 Å². The van der Waals surface area contributed by atoms with Crippen LogP contribution in [0.3, 0.4) is 0 Å². The van der Waals surface area contributed by atoms with Crippen molar-refractivity contribution in [2.75, 3.05) is 50.8 Å². The Kier molecular flexibility index (Phi) is 6.84. The van der Waals surface area contributed by atoms with Gasteiger partial charge in [-0.25, -0.2) is 4.79 Å². The molecule has 4 rings (SSSR count). The third kappa shape index (κ3) is 4.53. The predicted octanol–water partition coefficient (Wildman–Crippen LogP) is 3.24. The van der Waals surface area contributed by atoms with E-state index in [0.717, 1.165) is 57.8 Å². The summed E-state index contributed by atoms with van der Waals surface area (Å²) in [7, 11) is 0. The number of aryl methyl sites for hydroxylation is 1. The molecule has 1 aromatic heterocycles. The van der Waals surface area contributed by atoms with E-state index in [9.17, 15) is 9.59 Å². The van der Waals surface area contributed by atoms with Crippen molar-refractivity contribution >= 4 is 17.6 Å². The molecule has 7 heteroatoms. The second-order valence-electron chi connectivity index (χ2n) is 8.75. The highest BCUT2D eigenvalue weighted by Crippen LogP contribution is 2.25. The van der Waals surface area contributed by atoms with Crippen molar-refractivity contribution in [3.63, 3.8) is 0 Å². The molecule has 7 nitrogen and oxygen atoms in total. The van der Waals surface area contributed by atoms with Crippen molar-refractivity contribution in [2.24, 2.45) is 0 Å². The molecule has 2 aliphatic rings. The van der Waals surface area contributed by atoms with Gasteiger partial charge in [-0.15, -0.1) is 0 Å². The van der Waals surface area contributed by atoms with Crippen LogP contribution in [0.4, 0.5) is 5.69 Å². The first-order chi connectivity index (χ1) is 15.5. The Morgan fingerprint density at radius 1 is 1.06 bits per heavy atom. The molecular formula is C25H34N4O3. The minimum atomic E-state index is -0.403. The van der Waals surface area contributed by atoms with E-state index in [1.54, 1.807) is 6.92 Å². The second-order valence-corrected chi connectivity index (χ2v) is 8.75. The lowest BCUT2D eigenvalue weighted by Gasteiger charge is -2.44. The van der Waals surface area contributed by atoms with Crippen LogP contribution in [0.1, 0.15) is 51.9 Å². The average molecular weight is 439 g/mol. The molecule has 0 bridgehead atoms. The molecule has 1 N–H and O–H groups in total. The Labute approximate surface area is 190 Å². The Hall–Kier alpha value is -2.80. The third-order valence-electron chi connectivity index (χ3n) is 6.77. The maximum Gasteiger partial charge on any atom is 0.355 e. The number of benzene rings is 1. The summed E-state index contributed by atoms with van der Waals surface area (Å²) in [5.74, 6) is -0.389. The number of hydrogen-bond acceptors (Lipinski definition) is 5. The average Bonchev–Trinajstić information content (AvgIpc) is 3.13. The summed E-state index contributed by atoms with van der Waals surface area (Å²) in [6.45, 7) is 11.3. The number of amides is 1. The van der Waals surface area contributed by atoms with Crippen LogP contribution in [0.2, 0.25) is 0 Å². The van der Waals surface area contributed by atoms with E-state index in [4.69, 9.17) is 4.74 Å². The summed E-state index contributed by atoms with van der Waals surface area (Å²) in [4.78, 5) is 35.7. The SMILES string of the molecule is CCOC(=O)c1[nH]c(C)c(C(=O)N2CCC[C@H](N3CCN(c4ccccc4)CC3)C2)c1C. The maximum atomic E-state index is 13.4. The number of H-pyrrole nitrogens is 1. The number of esters is 1. The van der Waals surface area contributed by atoms with E-state index in [1.807, 2.05) is 18.7 Å². The van der Waals surface area contributed by atoms with Gasteiger partial charge in [-0.3, -0.25) is 9.69 Å². The lowest BCUT2D eigenvalue weighted by molar-refractivity contribution is 0.0519. The van der Waals surface area contributed by atoms with Crippen LogP contribution in [-0.4, -0.2) is 78.6 Å². The summed E-state index contributed by atoms with van der Waals surface area (Å²) in [5, 5.41) is 0. The number of aromatic amines is 1. The number of carbonyl (C=O) groups excluding carboxylic acids is 2. The van der Waals surface area contributed by atoms with Crippen LogP contribution < -0.4 is 4.90 Å². The molecule has 2 aromatic rings. The maximum absolute atomic E-state index is 13.4. The van der Waals surface area contributed by atoms with Crippen molar-refractivity contribution in [3.05, 3.63) is 52.8 Å². The molecule has 0 saturated carbocycles. The first-order valence-electron chi connectivity index (χ1n) is 11.7. The second kappa shape index (κ2) is 9.77. The topological polar surface area (TPSA) is 68.9 Å². The van der Waals surface area contributed by atoms with Crippen molar-refractivity contribution in [1.82, 2.24) is 14.8 Å². The summed E-state index contributed by atoms with van der Waals surface area (Å²) < 4.78 is 5.13. The molecule has 3 heterocycles. The molecule has 2 saturated heterocycles. The molecule has 1 amide bonds. The molecule has 0 spiro atoms. The zero-order valence-electron chi connectivity index (χ0n) is 19.4. The number of carbonyl (C=O) groups is 2. The normalized spacial score (nSPS) is 19.8. The van der Waals surface area contributed by atoms with Crippen LogP contribution in [0.25, 0.3) is 0 Å². The largest absolute Gasteiger partial charge is 0.461 e. The van der Waals surface area contributed by atoms with Gasteiger partial charge in [0.2, 0.25) is 0 Å². The number of anilines is 1. The van der Waals surface area contributed by atoms with Crippen LogP contribution in [-0.2, 0) is 4.74 Å². The number of likely N-dealkylation sites (tertiary alicyclic amines) is 1. The minimum Gasteiger partial charge on any atom is -0.461 e. The summed E-state index contributed by atoms with van der Waals surface area (Å²) in [5.41, 5.74) is 3.70. The Morgan fingerprint density at radius 3 is 2.47 bits per heavy atom. The fraction of sp³-hybridized carbons (Fsp3) is 0.520. The van der Waals surface area contributed by atoms with E-state index < -0.39 is 5.97 Å².